The van der Waals surface area contributed by atoms with E-state index in [4.69, 9.17) is 34.8 Å². The summed E-state index contributed by atoms with van der Waals surface area (Å²) >= 11 is 18.1. The third-order valence-electron chi connectivity index (χ3n) is 4.93. The molecule has 0 aliphatic carbocycles. The van der Waals surface area contributed by atoms with Crippen LogP contribution in [-0.4, -0.2) is 22.4 Å². The molecular weight excluding hydrogens is 499 g/mol. The van der Waals surface area contributed by atoms with E-state index in [-0.39, 0.29) is 5.69 Å². The fourth-order valence-corrected chi connectivity index (χ4v) is 4.05. The number of benzene rings is 3. The Bertz CT molecular complexity index is 1430. The van der Waals surface area contributed by atoms with Gasteiger partial charge in [0, 0.05) is 31.8 Å². The average molecular weight is 516 g/mol. The number of fused-ring (bicyclic) bond motifs is 1. The molecule has 0 saturated heterocycles. The minimum atomic E-state index is -0.962. The van der Waals surface area contributed by atoms with Gasteiger partial charge in [-0.25, -0.2) is 4.68 Å². The van der Waals surface area contributed by atoms with E-state index in [9.17, 15) is 14.4 Å². The van der Waals surface area contributed by atoms with Crippen molar-refractivity contribution in [1.82, 2.24) is 4.68 Å². The van der Waals surface area contributed by atoms with Crippen LogP contribution in [0.3, 0.4) is 0 Å². The van der Waals surface area contributed by atoms with Crippen molar-refractivity contribution in [3.8, 4) is 0 Å². The van der Waals surface area contributed by atoms with Gasteiger partial charge in [0.2, 0.25) is 0 Å². The number of nitrogens with zero attached hydrogens (tertiary/aromatic N) is 1. The number of amides is 3. The highest BCUT2D eigenvalue weighted by molar-refractivity contribution is 6.42. The zero-order valence-electron chi connectivity index (χ0n) is 17.7. The molecule has 1 aromatic heterocycles. The quantitative estimate of drug-likeness (QED) is 0.297. The predicted octanol–water partition coefficient (Wildman–Crippen LogP) is 5.87. The Morgan fingerprint density at radius 1 is 0.765 bits per heavy atom. The molecule has 0 fully saturated rings. The van der Waals surface area contributed by atoms with Crippen LogP contribution in [0, 0.1) is 6.92 Å². The first-order valence-corrected chi connectivity index (χ1v) is 11.1. The van der Waals surface area contributed by atoms with Gasteiger partial charge in [0.15, 0.2) is 0 Å². The molecule has 34 heavy (non-hydrogen) atoms. The molecule has 10 heteroatoms. The van der Waals surface area contributed by atoms with Gasteiger partial charge in [-0.15, -0.1) is 0 Å². The van der Waals surface area contributed by atoms with Crippen LogP contribution >= 0.6 is 34.8 Å². The summed E-state index contributed by atoms with van der Waals surface area (Å²) in [6.45, 7) is 1.81. The molecule has 0 unspecified atom stereocenters. The molecule has 0 saturated carbocycles. The maximum Gasteiger partial charge on any atom is 0.328 e. The fourth-order valence-electron chi connectivity index (χ4n) is 3.34. The van der Waals surface area contributed by atoms with E-state index < -0.39 is 17.7 Å². The number of carbonyl (C=O) groups excluding carboxylic acids is 3. The Morgan fingerprint density at radius 2 is 1.47 bits per heavy atom. The number of rotatable bonds is 4. The lowest BCUT2D eigenvalue weighted by Gasteiger charge is -2.13. The number of halogens is 3. The van der Waals surface area contributed by atoms with Crippen LogP contribution in [0.15, 0.2) is 66.7 Å². The maximum absolute atomic E-state index is 13.1. The Hall–Kier alpha value is -3.52. The van der Waals surface area contributed by atoms with Gasteiger partial charge in [0.1, 0.15) is 5.69 Å². The van der Waals surface area contributed by atoms with Crippen LogP contribution in [-0.2, 0) is 9.59 Å². The van der Waals surface area contributed by atoms with E-state index in [1.54, 1.807) is 49.4 Å². The molecular formula is C24H17Cl3N4O3. The van der Waals surface area contributed by atoms with Crippen LogP contribution in [0.2, 0.25) is 15.1 Å². The SMILES string of the molecule is Cc1ccccc1NC(=O)C(=O)Nn1c(C(=O)Nc2cc(Cl)cc(Cl)c2)cc2cc(Cl)ccc21. The molecule has 0 aliphatic heterocycles. The second kappa shape index (κ2) is 9.77. The van der Waals surface area contributed by atoms with Crippen LogP contribution < -0.4 is 16.1 Å². The van der Waals surface area contributed by atoms with Crippen molar-refractivity contribution in [3.63, 3.8) is 0 Å². The lowest BCUT2D eigenvalue weighted by molar-refractivity contribution is -0.133. The summed E-state index contributed by atoms with van der Waals surface area (Å²) in [5.41, 5.74) is 4.68. The standard InChI is InChI=1S/C24H17Cl3N4O3/c1-13-4-2-3-5-19(13)29-23(33)24(34)30-31-20-7-6-15(25)8-14(20)9-21(31)22(32)28-18-11-16(26)10-17(27)12-18/h2-12H,1H3,(H,28,32)(H,29,33)(H,30,34). The number of hydrogen-bond acceptors (Lipinski definition) is 3. The lowest BCUT2D eigenvalue weighted by atomic mass is 10.2. The number of para-hydroxylation sites is 1. The van der Waals surface area contributed by atoms with Gasteiger partial charge >= 0.3 is 11.8 Å². The lowest BCUT2D eigenvalue weighted by Crippen LogP contribution is -2.36. The molecule has 4 aromatic rings. The Kier molecular flexibility index (Phi) is 6.79. The summed E-state index contributed by atoms with van der Waals surface area (Å²) < 4.78 is 1.23. The van der Waals surface area contributed by atoms with Crippen molar-refractivity contribution >= 4 is 74.8 Å². The minimum absolute atomic E-state index is 0.0606. The number of carbonyl (C=O) groups is 3. The number of hydrogen-bond donors (Lipinski definition) is 3. The summed E-state index contributed by atoms with van der Waals surface area (Å²) in [6.07, 6.45) is 0. The van der Waals surface area contributed by atoms with Crippen LogP contribution in [0.5, 0.6) is 0 Å². The molecule has 0 aliphatic rings. The normalized spacial score (nSPS) is 10.7. The van der Waals surface area contributed by atoms with Gasteiger partial charge in [0.25, 0.3) is 5.91 Å². The molecule has 4 rings (SSSR count). The summed E-state index contributed by atoms with van der Waals surface area (Å²) in [6, 6.07) is 18.1. The molecule has 0 atom stereocenters. The molecule has 1 heterocycles. The van der Waals surface area contributed by atoms with Gasteiger partial charge in [-0.05, 0) is 61.0 Å². The molecule has 0 radical (unpaired) electrons. The summed E-state index contributed by atoms with van der Waals surface area (Å²) in [5.74, 6) is -2.42. The van der Waals surface area contributed by atoms with Crippen LogP contribution in [0.4, 0.5) is 11.4 Å². The number of aromatic nitrogens is 1. The molecule has 0 bridgehead atoms. The largest absolute Gasteiger partial charge is 0.328 e. The first kappa shape index (κ1) is 23.6. The summed E-state index contributed by atoms with van der Waals surface area (Å²) in [4.78, 5) is 38.4. The van der Waals surface area contributed by atoms with Gasteiger partial charge in [-0.3, -0.25) is 19.8 Å². The molecule has 3 amide bonds. The zero-order valence-corrected chi connectivity index (χ0v) is 19.9. The number of aryl methyl sites for hydroxylation is 1. The fraction of sp³-hybridized carbons (Fsp3) is 0.0417. The summed E-state index contributed by atoms with van der Waals surface area (Å²) in [7, 11) is 0. The maximum atomic E-state index is 13.1. The Morgan fingerprint density at radius 3 is 2.18 bits per heavy atom. The first-order chi connectivity index (χ1) is 16.2. The minimum Gasteiger partial charge on any atom is -0.321 e. The monoisotopic (exact) mass is 514 g/mol. The van der Waals surface area contributed by atoms with Crippen molar-refractivity contribution in [3.05, 3.63) is 93.1 Å². The van der Waals surface area contributed by atoms with Crippen LogP contribution in [0.1, 0.15) is 16.1 Å². The van der Waals surface area contributed by atoms with Crippen molar-refractivity contribution in [2.75, 3.05) is 16.1 Å². The third kappa shape index (κ3) is 5.17. The first-order valence-electron chi connectivity index (χ1n) is 9.97. The molecule has 3 aromatic carbocycles. The van der Waals surface area contributed by atoms with Gasteiger partial charge < -0.3 is 10.6 Å². The van der Waals surface area contributed by atoms with E-state index >= 15 is 0 Å². The highest BCUT2D eigenvalue weighted by Gasteiger charge is 2.21. The number of nitrogens with one attached hydrogen (secondary N) is 3. The molecule has 7 nitrogen and oxygen atoms in total. The van der Waals surface area contributed by atoms with Gasteiger partial charge in [-0.1, -0.05) is 53.0 Å². The van der Waals surface area contributed by atoms with Crippen molar-refractivity contribution in [1.29, 1.82) is 0 Å². The third-order valence-corrected chi connectivity index (χ3v) is 5.60. The predicted molar refractivity (Wildman–Crippen MR) is 136 cm³/mol. The van der Waals surface area contributed by atoms with Gasteiger partial charge in [0.05, 0.1) is 5.52 Å². The average Bonchev–Trinajstić information content (AvgIpc) is 3.12. The van der Waals surface area contributed by atoms with E-state index in [0.29, 0.717) is 37.3 Å². The second-order valence-corrected chi connectivity index (χ2v) is 8.70. The highest BCUT2D eigenvalue weighted by atomic mass is 35.5. The molecule has 0 spiro atoms. The van der Waals surface area contributed by atoms with E-state index in [1.165, 1.54) is 22.9 Å². The summed E-state index contributed by atoms with van der Waals surface area (Å²) in [5, 5.41) is 6.98. The smallest absolute Gasteiger partial charge is 0.321 e. The van der Waals surface area contributed by atoms with Gasteiger partial charge in [-0.2, -0.15) is 0 Å². The molecule has 3 N–H and O–H groups in total. The number of anilines is 2. The topological polar surface area (TPSA) is 92.2 Å². The zero-order chi connectivity index (χ0) is 24.4. The van der Waals surface area contributed by atoms with Crippen LogP contribution in [0.25, 0.3) is 10.9 Å². The van der Waals surface area contributed by atoms with E-state index in [1.807, 2.05) is 6.07 Å². The Balaban J connectivity index is 1.65. The Labute approximate surface area is 209 Å². The second-order valence-electron chi connectivity index (χ2n) is 7.39. The van der Waals surface area contributed by atoms with Crippen molar-refractivity contribution in [2.24, 2.45) is 0 Å². The van der Waals surface area contributed by atoms with E-state index in [0.717, 1.165) is 5.56 Å². The van der Waals surface area contributed by atoms with E-state index in [2.05, 4.69) is 16.1 Å². The van der Waals surface area contributed by atoms with Crippen molar-refractivity contribution in [2.45, 2.75) is 6.92 Å². The highest BCUT2D eigenvalue weighted by Crippen LogP contribution is 2.26. The van der Waals surface area contributed by atoms with Crippen molar-refractivity contribution < 1.29 is 14.4 Å². The molecule has 172 valence electrons.